The van der Waals surface area contributed by atoms with Crippen LogP contribution in [0.1, 0.15) is 12.0 Å². The smallest absolute Gasteiger partial charge is 0.132 e. The molecule has 0 amide bonds. The molecule has 0 aliphatic carbocycles. The molecule has 0 radical (unpaired) electrons. The highest BCUT2D eigenvalue weighted by molar-refractivity contribution is 5.65. The molecule has 0 aliphatic rings. The van der Waals surface area contributed by atoms with Gasteiger partial charge < -0.3 is 9.90 Å². The van der Waals surface area contributed by atoms with Crippen molar-refractivity contribution in [2.45, 2.75) is 6.42 Å². The van der Waals surface area contributed by atoms with Crippen molar-refractivity contribution in [3.8, 4) is 0 Å². The van der Waals surface area contributed by atoms with Gasteiger partial charge in [0.15, 0.2) is 0 Å². The maximum atomic E-state index is 10.4. The molecule has 16 heavy (non-hydrogen) atoms. The average molecular weight is 219 g/mol. The second-order valence-electron chi connectivity index (χ2n) is 4.33. The molecule has 0 aliphatic heterocycles. The number of carboxylic acid groups (broad SMARTS) is 1. The number of carbonyl (C=O) groups excluding carboxylic acids is 1. The Morgan fingerprint density at radius 2 is 1.94 bits per heavy atom. The third-order valence-electron chi connectivity index (χ3n) is 2.70. The van der Waals surface area contributed by atoms with Crippen LogP contribution in [0.4, 0.5) is 5.69 Å². The third kappa shape index (κ3) is 3.21. The zero-order valence-electron chi connectivity index (χ0n) is 9.77. The van der Waals surface area contributed by atoms with Crippen molar-refractivity contribution in [1.82, 2.24) is 4.48 Å². The fraction of sp³-hybridized carbons (Fsp3) is 0.308. The Labute approximate surface area is 96.2 Å². The molecule has 0 aromatic heterocycles. The summed E-state index contributed by atoms with van der Waals surface area (Å²) in [6.07, 6.45) is 1.85. The van der Waals surface area contributed by atoms with Crippen molar-refractivity contribution in [2.24, 2.45) is 0 Å². The molecule has 0 saturated carbocycles. The van der Waals surface area contributed by atoms with Gasteiger partial charge in [0.2, 0.25) is 0 Å². The Morgan fingerprint density at radius 3 is 2.38 bits per heavy atom. The van der Waals surface area contributed by atoms with Crippen LogP contribution in [-0.2, 0) is 4.79 Å². The molecule has 0 N–H and O–H groups in total. The van der Waals surface area contributed by atoms with Gasteiger partial charge in [-0.25, -0.2) is 0 Å². The summed E-state index contributed by atoms with van der Waals surface area (Å²) >= 11 is 0. The Morgan fingerprint density at radius 1 is 1.38 bits per heavy atom. The highest BCUT2D eigenvalue weighted by atomic mass is 16.4. The summed E-state index contributed by atoms with van der Waals surface area (Å²) in [5.74, 6) is -1.01. The molecule has 0 spiro atoms. The van der Waals surface area contributed by atoms with E-state index in [-0.39, 0.29) is 6.42 Å². The minimum atomic E-state index is -1.01. The first-order valence-electron chi connectivity index (χ1n) is 5.21. The second-order valence-corrected chi connectivity index (χ2v) is 4.33. The van der Waals surface area contributed by atoms with Gasteiger partial charge in [-0.3, -0.25) is 4.48 Å². The SMILES string of the molecule is C=Cc1ccc([N+](C)(C)CCC(=O)[O-])cc1. The van der Waals surface area contributed by atoms with Crippen LogP contribution < -0.4 is 9.59 Å². The Hall–Kier alpha value is -1.61. The topological polar surface area (TPSA) is 40.1 Å². The van der Waals surface area contributed by atoms with E-state index in [0.717, 1.165) is 11.3 Å². The molecule has 1 aromatic carbocycles. The lowest BCUT2D eigenvalue weighted by Gasteiger charge is -2.29. The average Bonchev–Trinajstić information content (AvgIpc) is 2.27. The normalized spacial score (nSPS) is 11.1. The molecule has 0 fully saturated rings. The molecule has 0 atom stereocenters. The van der Waals surface area contributed by atoms with Crippen molar-refractivity contribution < 1.29 is 9.90 Å². The van der Waals surface area contributed by atoms with Crippen molar-refractivity contribution in [2.75, 3.05) is 20.6 Å². The standard InChI is InChI=1S/C13H17NO2/c1-4-11-5-7-12(8-6-11)14(2,3)10-9-13(15)16/h4-8H,1,9-10H2,2-3H3. The van der Waals surface area contributed by atoms with E-state index in [9.17, 15) is 9.90 Å². The molecule has 0 saturated heterocycles. The van der Waals surface area contributed by atoms with Crippen LogP contribution >= 0.6 is 0 Å². The van der Waals surface area contributed by atoms with Gasteiger partial charge in [-0.1, -0.05) is 12.7 Å². The Kier molecular flexibility index (Phi) is 3.85. The predicted molar refractivity (Wildman–Crippen MR) is 64.7 cm³/mol. The predicted octanol–water partition coefficient (Wildman–Crippen LogP) is 1.04. The fourth-order valence-corrected chi connectivity index (χ4v) is 1.51. The van der Waals surface area contributed by atoms with E-state index in [1.165, 1.54) is 0 Å². The quantitative estimate of drug-likeness (QED) is 0.694. The minimum absolute atomic E-state index is 0.0657. The lowest BCUT2D eigenvalue weighted by atomic mass is 10.1. The van der Waals surface area contributed by atoms with Gasteiger partial charge >= 0.3 is 0 Å². The molecule has 0 bridgehead atoms. The molecule has 86 valence electrons. The monoisotopic (exact) mass is 219 g/mol. The van der Waals surface area contributed by atoms with Crippen LogP contribution in [0.25, 0.3) is 6.08 Å². The summed E-state index contributed by atoms with van der Waals surface area (Å²) in [7, 11) is 3.96. The number of nitrogens with zero attached hydrogens (tertiary/aromatic N) is 1. The summed E-state index contributed by atoms with van der Waals surface area (Å²) in [6, 6.07) is 7.93. The molecule has 3 nitrogen and oxygen atoms in total. The first kappa shape index (κ1) is 12.5. The fourth-order valence-electron chi connectivity index (χ4n) is 1.51. The minimum Gasteiger partial charge on any atom is -0.550 e. The van der Waals surface area contributed by atoms with Crippen LogP contribution in [0.2, 0.25) is 0 Å². The highest BCUT2D eigenvalue weighted by Gasteiger charge is 2.17. The maximum Gasteiger partial charge on any atom is 0.132 e. The van der Waals surface area contributed by atoms with Gasteiger partial charge in [0.05, 0.1) is 20.6 Å². The lowest BCUT2D eigenvalue weighted by molar-refractivity contribution is -0.305. The van der Waals surface area contributed by atoms with Gasteiger partial charge in [-0.15, -0.1) is 0 Å². The van der Waals surface area contributed by atoms with Gasteiger partial charge in [0.25, 0.3) is 0 Å². The van der Waals surface area contributed by atoms with Crippen LogP contribution in [0.15, 0.2) is 30.8 Å². The van der Waals surface area contributed by atoms with E-state index < -0.39 is 5.97 Å². The summed E-state index contributed by atoms with van der Waals surface area (Å²) in [4.78, 5) is 10.4. The number of carbonyl (C=O) groups is 1. The van der Waals surface area contributed by atoms with E-state index in [1.807, 2.05) is 38.4 Å². The van der Waals surface area contributed by atoms with Gasteiger partial charge in [0.1, 0.15) is 5.69 Å². The molecule has 0 heterocycles. The number of hydrogen-bond donors (Lipinski definition) is 0. The summed E-state index contributed by atoms with van der Waals surface area (Å²) < 4.78 is 0.533. The molecule has 1 rings (SSSR count). The van der Waals surface area contributed by atoms with Crippen LogP contribution in [-0.4, -0.2) is 26.6 Å². The maximum absolute atomic E-state index is 10.4. The summed E-state index contributed by atoms with van der Waals surface area (Å²) in [5.41, 5.74) is 2.13. The summed E-state index contributed by atoms with van der Waals surface area (Å²) in [6.45, 7) is 4.21. The Balaban J connectivity index is 2.80. The van der Waals surface area contributed by atoms with Gasteiger partial charge in [0, 0.05) is 12.4 Å². The molecule has 1 aromatic rings. The van der Waals surface area contributed by atoms with E-state index in [1.54, 1.807) is 6.08 Å². The van der Waals surface area contributed by atoms with Crippen molar-refractivity contribution in [3.05, 3.63) is 36.4 Å². The first-order chi connectivity index (χ1) is 7.45. The molecular formula is C13H17NO2. The summed E-state index contributed by atoms with van der Waals surface area (Å²) in [5, 5.41) is 10.4. The van der Waals surface area contributed by atoms with E-state index in [2.05, 4.69) is 6.58 Å². The number of rotatable bonds is 5. The van der Waals surface area contributed by atoms with Crippen LogP contribution in [0.5, 0.6) is 0 Å². The van der Waals surface area contributed by atoms with Gasteiger partial charge in [-0.2, -0.15) is 0 Å². The number of benzene rings is 1. The first-order valence-corrected chi connectivity index (χ1v) is 5.21. The van der Waals surface area contributed by atoms with E-state index >= 15 is 0 Å². The van der Waals surface area contributed by atoms with Gasteiger partial charge in [-0.05, 0) is 29.8 Å². The van der Waals surface area contributed by atoms with E-state index in [0.29, 0.717) is 11.0 Å². The van der Waals surface area contributed by atoms with Crippen molar-refractivity contribution in [1.29, 1.82) is 0 Å². The number of quaternary nitrogens is 1. The van der Waals surface area contributed by atoms with Crippen LogP contribution in [0, 0.1) is 0 Å². The number of aliphatic carboxylic acids is 1. The second kappa shape index (κ2) is 4.94. The van der Waals surface area contributed by atoms with Crippen molar-refractivity contribution >= 4 is 17.7 Å². The molecule has 0 unspecified atom stereocenters. The molecule has 3 heteroatoms. The lowest BCUT2D eigenvalue weighted by Crippen LogP contribution is -2.43. The van der Waals surface area contributed by atoms with Crippen LogP contribution in [0.3, 0.4) is 0 Å². The highest BCUT2D eigenvalue weighted by Crippen LogP contribution is 2.20. The number of hydrogen-bond acceptors (Lipinski definition) is 2. The zero-order chi connectivity index (χ0) is 12.2. The Bertz CT molecular complexity index is 379. The van der Waals surface area contributed by atoms with E-state index in [4.69, 9.17) is 0 Å². The third-order valence-corrected chi connectivity index (χ3v) is 2.70. The van der Waals surface area contributed by atoms with Crippen molar-refractivity contribution in [3.63, 3.8) is 0 Å². The molecular weight excluding hydrogens is 202 g/mol. The number of carboxylic acids is 1. The largest absolute Gasteiger partial charge is 0.550 e. The zero-order valence-corrected chi connectivity index (χ0v) is 9.77.